The highest BCUT2D eigenvalue weighted by atomic mass is 32.2. The number of piperidine rings is 1. The molecule has 0 aromatic heterocycles. The minimum Gasteiger partial charge on any atom is -0.366 e. The summed E-state index contributed by atoms with van der Waals surface area (Å²) in [5.41, 5.74) is -1.16. The van der Waals surface area contributed by atoms with Crippen molar-refractivity contribution in [3.63, 3.8) is 0 Å². The second kappa shape index (κ2) is 9.51. The smallest absolute Gasteiger partial charge is 0.254 e. The van der Waals surface area contributed by atoms with Gasteiger partial charge in [0.2, 0.25) is 15.9 Å². The molecule has 9 nitrogen and oxygen atoms in total. The number of rotatable bonds is 0. The molecule has 2 N–H and O–H groups in total. The monoisotopic (exact) mass is 520 g/mol. The molecule has 2 amide bonds. The van der Waals surface area contributed by atoms with Gasteiger partial charge in [0.15, 0.2) is 0 Å². The van der Waals surface area contributed by atoms with Crippen LogP contribution < -0.4 is 10.0 Å². The van der Waals surface area contributed by atoms with Crippen LogP contribution in [0.3, 0.4) is 0 Å². The summed E-state index contributed by atoms with van der Waals surface area (Å²) in [6.07, 6.45) is 5.71. The summed E-state index contributed by atoms with van der Waals surface area (Å²) < 4.78 is 49.0. The van der Waals surface area contributed by atoms with Gasteiger partial charge in [-0.25, -0.2) is 17.5 Å². The molecular weight excluding hydrogens is 487 g/mol. The van der Waals surface area contributed by atoms with Crippen LogP contribution in [0.15, 0.2) is 35.2 Å². The first-order valence-electron chi connectivity index (χ1n) is 12.5. The van der Waals surface area contributed by atoms with Gasteiger partial charge in [-0.15, -0.1) is 0 Å². The molecule has 196 valence electrons. The van der Waals surface area contributed by atoms with E-state index >= 15 is 0 Å². The maximum absolute atomic E-state index is 14.6. The third-order valence-corrected chi connectivity index (χ3v) is 9.29. The average molecular weight is 521 g/mol. The zero-order chi connectivity index (χ0) is 25.6. The highest BCUT2D eigenvalue weighted by molar-refractivity contribution is 7.89. The summed E-state index contributed by atoms with van der Waals surface area (Å²) in [6.45, 7) is 4.88. The molecule has 5 bridgehead atoms. The SMILES string of the molecule is CC1CN2CC3(CCN(C3)C(=O)C3(C/C=C/CNS(=O)(=O)c4cc(ccc4F)C2=O)CCNCC3)O1. The number of nitrogens with zero attached hydrogens (tertiary/aromatic N) is 2. The summed E-state index contributed by atoms with van der Waals surface area (Å²) in [4.78, 5) is 30.3. The summed E-state index contributed by atoms with van der Waals surface area (Å²) >= 11 is 0. The van der Waals surface area contributed by atoms with Crippen LogP contribution >= 0.6 is 0 Å². The van der Waals surface area contributed by atoms with E-state index in [2.05, 4.69) is 10.0 Å². The van der Waals surface area contributed by atoms with Crippen LogP contribution in [0.1, 0.15) is 43.0 Å². The van der Waals surface area contributed by atoms with Crippen molar-refractivity contribution in [2.24, 2.45) is 5.41 Å². The van der Waals surface area contributed by atoms with Crippen molar-refractivity contribution >= 4 is 21.8 Å². The summed E-state index contributed by atoms with van der Waals surface area (Å²) in [5.74, 6) is -1.22. The van der Waals surface area contributed by atoms with E-state index in [1.807, 2.05) is 17.9 Å². The van der Waals surface area contributed by atoms with Crippen LogP contribution in [0.25, 0.3) is 0 Å². The highest BCUT2D eigenvalue weighted by Gasteiger charge is 2.50. The maximum atomic E-state index is 14.6. The standard InChI is InChI=1S/C25H33FN4O5S/c1-18-15-30-17-25(35-18)9-13-29(16-25)23(32)24(7-11-27-12-8-24)6-2-3-10-28-36(33,34)21-14-19(22(30)31)4-5-20(21)26/h2-5,14,18,27-28H,6-13,15-17H2,1H3/b3-2+. The molecule has 1 aromatic rings. The molecule has 3 fully saturated rings. The fourth-order valence-electron chi connectivity index (χ4n) is 6.02. The zero-order valence-corrected chi connectivity index (χ0v) is 21.3. The van der Waals surface area contributed by atoms with Crippen molar-refractivity contribution in [2.75, 3.05) is 45.8 Å². The number of carbonyl (C=O) groups is 2. The molecule has 4 heterocycles. The van der Waals surface area contributed by atoms with Gasteiger partial charge in [-0.2, -0.15) is 0 Å². The van der Waals surface area contributed by atoms with E-state index in [0.717, 1.165) is 25.2 Å². The molecule has 0 aliphatic carbocycles. The van der Waals surface area contributed by atoms with E-state index in [1.54, 1.807) is 11.0 Å². The van der Waals surface area contributed by atoms with Crippen LogP contribution in [0.5, 0.6) is 0 Å². The molecule has 2 spiro atoms. The second-order valence-electron chi connectivity index (χ2n) is 10.5. The molecule has 0 saturated carbocycles. The van der Waals surface area contributed by atoms with Crippen molar-refractivity contribution < 1.29 is 27.1 Å². The number of morpholine rings is 1. The maximum Gasteiger partial charge on any atom is 0.254 e. The Balaban J connectivity index is 1.54. The Hall–Kier alpha value is -2.34. The molecule has 2 unspecified atom stereocenters. The molecule has 36 heavy (non-hydrogen) atoms. The van der Waals surface area contributed by atoms with Gasteiger partial charge < -0.3 is 19.9 Å². The number of hydrogen-bond acceptors (Lipinski definition) is 6. The lowest BCUT2D eigenvalue weighted by Crippen LogP contribution is -2.58. The van der Waals surface area contributed by atoms with E-state index < -0.39 is 31.8 Å². The van der Waals surface area contributed by atoms with Gasteiger partial charge in [-0.05, 0) is 63.9 Å². The number of fused-ring (bicyclic) bond motifs is 4. The number of carbonyl (C=O) groups excluding carboxylic acids is 2. The lowest BCUT2D eigenvalue weighted by Gasteiger charge is -2.44. The molecule has 4 aliphatic heterocycles. The molecule has 0 radical (unpaired) electrons. The van der Waals surface area contributed by atoms with Crippen molar-refractivity contribution in [2.45, 2.75) is 49.2 Å². The first-order valence-corrected chi connectivity index (χ1v) is 14.0. The fourth-order valence-corrected chi connectivity index (χ4v) is 7.10. The topological polar surface area (TPSA) is 108 Å². The van der Waals surface area contributed by atoms with Gasteiger partial charge in [0.25, 0.3) is 5.91 Å². The largest absolute Gasteiger partial charge is 0.366 e. The summed E-state index contributed by atoms with van der Waals surface area (Å²) in [6, 6.07) is 3.42. The number of amides is 2. The lowest BCUT2D eigenvalue weighted by molar-refractivity contribution is -0.150. The van der Waals surface area contributed by atoms with E-state index in [0.29, 0.717) is 45.3 Å². The molecular formula is C25H33FN4O5S. The van der Waals surface area contributed by atoms with Gasteiger partial charge in [-0.3, -0.25) is 9.59 Å². The molecule has 1 aromatic carbocycles. The van der Waals surface area contributed by atoms with Crippen LogP contribution in [0.2, 0.25) is 0 Å². The van der Waals surface area contributed by atoms with Gasteiger partial charge >= 0.3 is 0 Å². The van der Waals surface area contributed by atoms with Crippen molar-refractivity contribution in [1.29, 1.82) is 0 Å². The minimum atomic E-state index is -4.19. The number of benzene rings is 1. The van der Waals surface area contributed by atoms with Crippen molar-refractivity contribution in [1.82, 2.24) is 19.8 Å². The minimum absolute atomic E-state index is 0.0488. The van der Waals surface area contributed by atoms with Crippen LogP contribution in [0, 0.1) is 11.2 Å². The molecule has 11 heteroatoms. The third-order valence-electron chi connectivity index (χ3n) is 7.85. The third kappa shape index (κ3) is 4.69. The summed E-state index contributed by atoms with van der Waals surface area (Å²) in [5, 5.41) is 3.32. The Morgan fingerprint density at radius 2 is 1.83 bits per heavy atom. The van der Waals surface area contributed by atoms with E-state index in [-0.39, 0.29) is 36.6 Å². The predicted octanol–water partition coefficient (Wildman–Crippen LogP) is 1.27. The van der Waals surface area contributed by atoms with E-state index in [1.165, 1.54) is 6.07 Å². The Morgan fingerprint density at radius 3 is 2.61 bits per heavy atom. The number of allylic oxidation sites excluding steroid dienone is 1. The Kier molecular flexibility index (Phi) is 6.69. The molecule has 4 aliphatic rings. The lowest BCUT2D eigenvalue weighted by atomic mass is 9.74. The van der Waals surface area contributed by atoms with Gasteiger partial charge in [0.05, 0.1) is 24.6 Å². The Morgan fingerprint density at radius 1 is 1.08 bits per heavy atom. The quantitative estimate of drug-likeness (QED) is 0.499. The van der Waals surface area contributed by atoms with Crippen LogP contribution in [-0.4, -0.2) is 87.6 Å². The molecule has 5 rings (SSSR count). The number of ether oxygens (including phenoxy) is 1. The summed E-state index contributed by atoms with van der Waals surface area (Å²) in [7, 11) is -4.19. The second-order valence-corrected chi connectivity index (χ2v) is 12.2. The van der Waals surface area contributed by atoms with E-state index in [4.69, 9.17) is 4.74 Å². The molecule has 3 saturated heterocycles. The Bertz CT molecular complexity index is 1180. The zero-order valence-electron chi connectivity index (χ0n) is 20.5. The number of halogens is 1. The van der Waals surface area contributed by atoms with Crippen molar-refractivity contribution in [3.8, 4) is 0 Å². The predicted molar refractivity (Wildman–Crippen MR) is 130 cm³/mol. The highest BCUT2D eigenvalue weighted by Crippen LogP contribution is 2.39. The first-order chi connectivity index (χ1) is 17.1. The van der Waals surface area contributed by atoms with Gasteiger partial charge in [-0.1, -0.05) is 12.2 Å². The van der Waals surface area contributed by atoms with Crippen molar-refractivity contribution in [3.05, 3.63) is 41.7 Å². The van der Waals surface area contributed by atoms with Gasteiger partial charge in [0.1, 0.15) is 16.3 Å². The fraction of sp³-hybridized carbons (Fsp3) is 0.600. The van der Waals surface area contributed by atoms with Crippen LogP contribution in [0.4, 0.5) is 4.39 Å². The van der Waals surface area contributed by atoms with E-state index in [9.17, 15) is 22.4 Å². The average Bonchev–Trinajstić information content (AvgIpc) is 3.25. The number of hydrogen-bond donors (Lipinski definition) is 2. The first kappa shape index (κ1) is 25.3. The molecule has 2 atom stereocenters. The number of nitrogens with one attached hydrogen (secondary N) is 2. The Labute approximate surface area is 211 Å². The normalized spacial score (nSPS) is 31.3. The van der Waals surface area contributed by atoms with Gasteiger partial charge in [0, 0.05) is 25.2 Å². The number of sulfonamides is 1. The van der Waals surface area contributed by atoms with Crippen LogP contribution in [-0.2, 0) is 19.6 Å².